The molecule has 0 aromatic heterocycles. The van der Waals surface area contributed by atoms with Gasteiger partial charge in [0.25, 0.3) is 0 Å². The summed E-state index contributed by atoms with van der Waals surface area (Å²) in [7, 11) is 2.19. The minimum absolute atomic E-state index is 0.827. The third kappa shape index (κ3) is 4.38. The summed E-state index contributed by atoms with van der Waals surface area (Å²) >= 11 is 0. The lowest BCUT2D eigenvalue weighted by Gasteiger charge is -2.15. The summed E-state index contributed by atoms with van der Waals surface area (Å²) in [6, 6.07) is 0. The monoisotopic (exact) mass is 156 g/mol. The maximum Gasteiger partial charge on any atom is -0.000977 e. The van der Waals surface area contributed by atoms with Gasteiger partial charge in [-0.1, -0.05) is 12.8 Å². The molecule has 1 rings (SSSR count). The van der Waals surface area contributed by atoms with Crippen molar-refractivity contribution in [3.05, 3.63) is 0 Å². The molecule has 0 aromatic rings. The summed E-state index contributed by atoms with van der Waals surface area (Å²) in [6.07, 6.45) is 5.50. The molecular formula is C9H20N2. The normalized spacial score (nSPS) is 17.7. The highest BCUT2D eigenvalue weighted by atomic mass is 15.1. The van der Waals surface area contributed by atoms with Crippen molar-refractivity contribution in [2.45, 2.75) is 25.7 Å². The van der Waals surface area contributed by atoms with Gasteiger partial charge in [-0.15, -0.1) is 0 Å². The quantitative estimate of drug-likeness (QED) is 0.623. The Morgan fingerprint density at radius 1 is 1.36 bits per heavy atom. The first kappa shape index (κ1) is 9.01. The zero-order valence-corrected chi connectivity index (χ0v) is 7.55. The van der Waals surface area contributed by atoms with Gasteiger partial charge in [0, 0.05) is 0 Å². The third-order valence-electron chi connectivity index (χ3n) is 2.36. The summed E-state index contributed by atoms with van der Waals surface area (Å²) in [5, 5.41) is 0. The van der Waals surface area contributed by atoms with E-state index in [-0.39, 0.29) is 0 Å². The van der Waals surface area contributed by atoms with Gasteiger partial charge in [0.15, 0.2) is 0 Å². The van der Waals surface area contributed by atoms with Crippen LogP contribution in [-0.2, 0) is 0 Å². The van der Waals surface area contributed by atoms with Crippen LogP contribution in [-0.4, -0.2) is 31.6 Å². The first-order chi connectivity index (χ1) is 5.33. The summed E-state index contributed by atoms with van der Waals surface area (Å²) in [6.45, 7) is 3.27. The summed E-state index contributed by atoms with van der Waals surface area (Å²) < 4.78 is 0. The highest BCUT2D eigenvalue weighted by Crippen LogP contribution is 2.32. The molecule has 0 saturated heterocycles. The Labute approximate surface area is 69.8 Å². The molecule has 0 aliphatic heterocycles. The Hall–Kier alpha value is -0.0800. The van der Waals surface area contributed by atoms with E-state index in [4.69, 9.17) is 5.73 Å². The van der Waals surface area contributed by atoms with Crippen LogP contribution in [0.15, 0.2) is 0 Å². The number of nitrogens with zero attached hydrogens (tertiary/aromatic N) is 1. The molecule has 0 aromatic carbocycles. The topological polar surface area (TPSA) is 29.3 Å². The summed E-state index contributed by atoms with van der Waals surface area (Å²) in [4.78, 5) is 2.39. The van der Waals surface area contributed by atoms with Crippen molar-refractivity contribution in [1.29, 1.82) is 0 Å². The molecule has 0 heterocycles. The second-order valence-corrected chi connectivity index (χ2v) is 3.68. The van der Waals surface area contributed by atoms with E-state index in [2.05, 4.69) is 11.9 Å². The Bertz CT molecular complexity index is 99.7. The van der Waals surface area contributed by atoms with Crippen molar-refractivity contribution >= 4 is 0 Å². The number of hydrogen-bond acceptors (Lipinski definition) is 2. The maximum absolute atomic E-state index is 5.42. The molecule has 0 bridgehead atoms. The van der Waals surface area contributed by atoms with Crippen LogP contribution in [0.5, 0.6) is 0 Å². The fraction of sp³-hybridized carbons (Fsp3) is 1.00. The van der Waals surface area contributed by atoms with Crippen molar-refractivity contribution in [2.24, 2.45) is 11.7 Å². The van der Waals surface area contributed by atoms with Crippen LogP contribution in [0.3, 0.4) is 0 Å². The highest BCUT2D eigenvalue weighted by Gasteiger charge is 2.20. The van der Waals surface area contributed by atoms with Crippen LogP contribution in [0, 0.1) is 5.92 Å². The van der Waals surface area contributed by atoms with E-state index in [1.54, 1.807) is 0 Å². The van der Waals surface area contributed by atoms with E-state index in [9.17, 15) is 0 Å². The molecule has 11 heavy (non-hydrogen) atoms. The highest BCUT2D eigenvalue weighted by molar-refractivity contribution is 4.73. The van der Waals surface area contributed by atoms with Gasteiger partial charge in [0.05, 0.1) is 0 Å². The van der Waals surface area contributed by atoms with Gasteiger partial charge in [-0.05, 0) is 45.4 Å². The van der Waals surface area contributed by atoms with E-state index in [1.165, 1.54) is 32.4 Å². The molecule has 1 fully saturated rings. The zero-order chi connectivity index (χ0) is 8.10. The molecule has 2 heteroatoms. The molecule has 66 valence electrons. The molecule has 0 amide bonds. The van der Waals surface area contributed by atoms with Gasteiger partial charge in [0.1, 0.15) is 0 Å². The average molecular weight is 156 g/mol. The standard InChI is InChI=1S/C9H20N2/c1-11(7-2-6-10)8-5-9-3-4-9/h9H,2-8,10H2,1H3. The lowest BCUT2D eigenvalue weighted by molar-refractivity contribution is 0.320. The second kappa shape index (κ2) is 4.73. The fourth-order valence-corrected chi connectivity index (χ4v) is 1.28. The van der Waals surface area contributed by atoms with Crippen molar-refractivity contribution in [3.63, 3.8) is 0 Å². The fourth-order valence-electron chi connectivity index (χ4n) is 1.28. The summed E-state index contributed by atoms with van der Waals surface area (Å²) in [5.41, 5.74) is 5.42. The van der Waals surface area contributed by atoms with Crippen LogP contribution < -0.4 is 5.73 Å². The first-order valence-electron chi connectivity index (χ1n) is 4.71. The smallest absolute Gasteiger partial charge is 0.000977 e. The van der Waals surface area contributed by atoms with Crippen molar-refractivity contribution in [3.8, 4) is 0 Å². The van der Waals surface area contributed by atoms with Crippen molar-refractivity contribution in [1.82, 2.24) is 4.90 Å². The zero-order valence-electron chi connectivity index (χ0n) is 7.55. The molecule has 1 saturated carbocycles. The third-order valence-corrected chi connectivity index (χ3v) is 2.36. The van der Waals surface area contributed by atoms with E-state index in [0.717, 1.165) is 18.9 Å². The van der Waals surface area contributed by atoms with Gasteiger partial charge < -0.3 is 10.6 Å². The lowest BCUT2D eigenvalue weighted by atomic mass is 10.3. The molecule has 2 nitrogen and oxygen atoms in total. The minimum Gasteiger partial charge on any atom is -0.330 e. The van der Waals surface area contributed by atoms with Crippen LogP contribution in [0.1, 0.15) is 25.7 Å². The van der Waals surface area contributed by atoms with Crippen molar-refractivity contribution in [2.75, 3.05) is 26.7 Å². The van der Waals surface area contributed by atoms with Gasteiger partial charge in [-0.2, -0.15) is 0 Å². The van der Waals surface area contributed by atoms with E-state index < -0.39 is 0 Å². The predicted octanol–water partition coefficient (Wildman–Crippen LogP) is 1.07. The number of hydrogen-bond donors (Lipinski definition) is 1. The van der Waals surface area contributed by atoms with Crippen LogP contribution >= 0.6 is 0 Å². The molecule has 0 spiro atoms. The van der Waals surface area contributed by atoms with E-state index in [0.29, 0.717) is 0 Å². The second-order valence-electron chi connectivity index (χ2n) is 3.68. The van der Waals surface area contributed by atoms with Crippen LogP contribution in [0.25, 0.3) is 0 Å². The largest absolute Gasteiger partial charge is 0.330 e. The molecule has 0 radical (unpaired) electrons. The van der Waals surface area contributed by atoms with Gasteiger partial charge in [-0.3, -0.25) is 0 Å². The Morgan fingerprint density at radius 3 is 2.64 bits per heavy atom. The van der Waals surface area contributed by atoms with Crippen LogP contribution in [0.4, 0.5) is 0 Å². The number of nitrogens with two attached hydrogens (primary N) is 1. The molecule has 0 atom stereocenters. The van der Waals surface area contributed by atoms with Gasteiger partial charge in [-0.25, -0.2) is 0 Å². The SMILES string of the molecule is CN(CCCN)CCC1CC1. The molecule has 2 N–H and O–H groups in total. The molecule has 0 unspecified atom stereocenters. The van der Waals surface area contributed by atoms with Gasteiger partial charge in [0.2, 0.25) is 0 Å². The maximum atomic E-state index is 5.42. The lowest BCUT2D eigenvalue weighted by Crippen LogP contribution is -2.23. The Morgan fingerprint density at radius 2 is 2.09 bits per heavy atom. The molecule has 1 aliphatic rings. The number of rotatable bonds is 6. The van der Waals surface area contributed by atoms with E-state index >= 15 is 0 Å². The summed E-state index contributed by atoms with van der Waals surface area (Å²) in [5.74, 6) is 1.07. The van der Waals surface area contributed by atoms with Crippen molar-refractivity contribution < 1.29 is 0 Å². The molecule has 1 aliphatic carbocycles. The van der Waals surface area contributed by atoms with E-state index in [1.807, 2.05) is 0 Å². The van der Waals surface area contributed by atoms with Gasteiger partial charge >= 0.3 is 0 Å². The minimum atomic E-state index is 0.827. The van der Waals surface area contributed by atoms with Crippen LogP contribution in [0.2, 0.25) is 0 Å². The predicted molar refractivity (Wildman–Crippen MR) is 48.5 cm³/mol. The Balaban J connectivity index is 1.87. The first-order valence-corrected chi connectivity index (χ1v) is 4.71. The Kier molecular flexibility index (Phi) is 3.87. The molecular weight excluding hydrogens is 136 g/mol. The average Bonchev–Trinajstić information content (AvgIpc) is 2.80.